The van der Waals surface area contributed by atoms with E-state index in [-0.39, 0.29) is 34.7 Å². The average Bonchev–Trinajstić information content (AvgIpc) is 2.95. The largest absolute Gasteiger partial charge is 0.296 e. The summed E-state index contributed by atoms with van der Waals surface area (Å²) in [5, 5.41) is 2.07. The number of nitrogens with zero attached hydrogens (tertiary/aromatic N) is 2. The van der Waals surface area contributed by atoms with Crippen LogP contribution >= 0.6 is 0 Å². The van der Waals surface area contributed by atoms with Crippen LogP contribution in [0.3, 0.4) is 0 Å². The minimum Gasteiger partial charge on any atom is -0.296 e. The van der Waals surface area contributed by atoms with E-state index in [4.69, 9.17) is 9.68 Å². The van der Waals surface area contributed by atoms with Gasteiger partial charge in [0.1, 0.15) is 0 Å². The predicted molar refractivity (Wildman–Crippen MR) is 109 cm³/mol. The summed E-state index contributed by atoms with van der Waals surface area (Å²) in [5.74, 6) is 0. The minimum absolute atomic E-state index is 0.0898. The lowest BCUT2D eigenvalue weighted by atomic mass is 9.82. The summed E-state index contributed by atoms with van der Waals surface area (Å²) in [6.07, 6.45) is 3.71. The molecule has 2 heterocycles. The maximum absolute atomic E-state index is 13.1. The van der Waals surface area contributed by atoms with Crippen molar-refractivity contribution in [3.05, 3.63) is 29.8 Å². The van der Waals surface area contributed by atoms with Crippen LogP contribution in [-0.4, -0.2) is 47.8 Å². The third-order valence-electron chi connectivity index (χ3n) is 5.81. The standard InChI is InChI=1S/C21H34N2O4S/c1-16-8-10-19(11-9-16)28(24,25)22-18(14-17(2)27-22)15-26-23-20(3,4)12-7-13-21(23,5)6/h8-11,17-18H,7,12-15H2,1-6H3/t17-,18-/m0/s1. The second-order valence-corrected chi connectivity index (χ2v) is 11.2. The second kappa shape index (κ2) is 7.69. The van der Waals surface area contributed by atoms with Gasteiger partial charge in [-0.05, 0) is 79.4 Å². The third kappa shape index (κ3) is 4.28. The Labute approximate surface area is 169 Å². The van der Waals surface area contributed by atoms with Crippen LogP contribution in [-0.2, 0) is 19.7 Å². The van der Waals surface area contributed by atoms with Gasteiger partial charge in [-0.3, -0.25) is 9.68 Å². The van der Waals surface area contributed by atoms with Crippen molar-refractivity contribution in [2.75, 3.05) is 6.61 Å². The van der Waals surface area contributed by atoms with Crippen molar-refractivity contribution in [3.8, 4) is 0 Å². The molecule has 1 aromatic rings. The fourth-order valence-electron chi connectivity index (χ4n) is 4.46. The first-order valence-electron chi connectivity index (χ1n) is 10.1. The van der Waals surface area contributed by atoms with Crippen molar-refractivity contribution in [2.45, 2.75) is 95.3 Å². The van der Waals surface area contributed by atoms with Crippen molar-refractivity contribution in [2.24, 2.45) is 0 Å². The molecule has 3 rings (SSSR count). The van der Waals surface area contributed by atoms with Gasteiger partial charge in [-0.1, -0.05) is 22.2 Å². The quantitative estimate of drug-likeness (QED) is 0.733. The van der Waals surface area contributed by atoms with Crippen molar-refractivity contribution in [1.82, 2.24) is 9.53 Å². The van der Waals surface area contributed by atoms with Gasteiger partial charge in [-0.15, -0.1) is 0 Å². The van der Waals surface area contributed by atoms with Crippen LogP contribution in [0.5, 0.6) is 0 Å². The summed E-state index contributed by atoms with van der Waals surface area (Å²) in [4.78, 5) is 12.2. The Kier molecular flexibility index (Phi) is 5.96. The molecule has 2 aliphatic heterocycles. The molecule has 2 saturated heterocycles. The van der Waals surface area contributed by atoms with E-state index < -0.39 is 10.0 Å². The molecule has 0 aromatic heterocycles. The van der Waals surface area contributed by atoms with Crippen molar-refractivity contribution >= 4 is 10.0 Å². The fourth-order valence-corrected chi connectivity index (χ4v) is 5.95. The molecule has 0 N–H and O–H groups in total. The zero-order valence-corrected chi connectivity index (χ0v) is 18.8. The molecule has 2 atom stereocenters. The van der Waals surface area contributed by atoms with E-state index in [1.165, 1.54) is 0 Å². The molecule has 0 aliphatic carbocycles. The predicted octanol–water partition coefficient (Wildman–Crippen LogP) is 4.05. The molecule has 0 radical (unpaired) electrons. The summed E-state index contributed by atoms with van der Waals surface area (Å²) in [5.41, 5.74) is 0.838. The van der Waals surface area contributed by atoms with E-state index in [0.717, 1.165) is 29.3 Å². The van der Waals surface area contributed by atoms with E-state index in [9.17, 15) is 8.42 Å². The van der Waals surface area contributed by atoms with Crippen LogP contribution in [0, 0.1) is 6.92 Å². The molecule has 158 valence electrons. The number of sulfonamides is 1. The Balaban J connectivity index is 1.78. The highest BCUT2D eigenvalue weighted by atomic mass is 32.2. The van der Waals surface area contributed by atoms with E-state index in [1.54, 1.807) is 24.3 Å². The first-order valence-corrected chi connectivity index (χ1v) is 11.6. The molecule has 0 amide bonds. The lowest BCUT2D eigenvalue weighted by Crippen LogP contribution is -2.59. The lowest BCUT2D eigenvalue weighted by Gasteiger charge is -2.51. The summed E-state index contributed by atoms with van der Waals surface area (Å²) in [6.45, 7) is 12.8. The topological polar surface area (TPSA) is 59.1 Å². The Bertz CT molecular complexity index is 773. The van der Waals surface area contributed by atoms with Crippen LogP contribution in [0.1, 0.15) is 65.9 Å². The monoisotopic (exact) mass is 410 g/mol. The van der Waals surface area contributed by atoms with Crippen molar-refractivity contribution in [1.29, 1.82) is 0 Å². The van der Waals surface area contributed by atoms with E-state index in [0.29, 0.717) is 6.42 Å². The summed E-state index contributed by atoms with van der Waals surface area (Å²) < 4.78 is 27.4. The van der Waals surface area contributed by atoms with E-state index >= 15 is 0 Å². The number of piperidine rings is 1. The third-order valence-corrected chi connectivity index (χ3v) is 7.54. The smallest absolute Gasteiger partial charge is 0.265 e. The molecule has 0 saturated carbocycles. The Hall–Kier alpha value is -0.990. The number of hydrogen-bond donors (Lipinski definition) is 0. The summed E-state index contributed by atoms with van der Waals surface area (Å²) in [7, 11) is -3.74. The van der Waals surface area contributed by atoms with Crippen LogP contribution in [0.4, 0.5) is 0 Å². The molecule has 0 spiro atoms. The second-order valence-electron chi connectivity index (χ2n) is 9.45. The van der Waals surface area contributed by atoms with E-state index in [2.05, 4.69) is 32.8 Å². The van der Waals surface area contributed by atoms with Gasteiger partial charge in [-0.2, -0.15) is 5.06 Å². The van der Waals surface area contributed by atoms with Crippen LogP contribution < -0.4 is 0 Å². The highest BCUT2D eigenvalue weighted by Gasteiger charge is 2.45. The Morgan fingerprint density at radius 2 is 1.68 bits per heavy atom. The molecule has 2 fully saturated rings. The number of benzene rings is 1. The normalized spacial score (nSPS) is 28.5. The maximum Gasteiger partial charge on any atom is 0.265 e. The first kappa shape index (κ1) is 21.7. The molecular formula is C21H34N2O4S. The highest BCUT2D eigenvalue weighted by Crippen LogP contribution is 2.39. The van der Waals surface area contributed by atoms with Crippen LogP contribution in [0.15, 0.2) is 29.2 Å². The molecule has 2 aliphatic rings. The first-order chi connectivity index (χ1) is 12.9. The van der Waals surface area contributed by atoms with Crippen molar-refractivity contribution in [3.63, 3.8) is 0 Å². The van der Waals surface area contributed by atoms with Gasteiger partial charge in [-0.25, -0.2) is 8.42 Å². The molecule has 1 aromatic carbocycles. The molecule has 6 nitrogen and oxygen atoms in total. The summed E-state index contributed by atoms with van der Waals surface area (Å²) >= 11 is 0. The molecular weight excluding hydrogens is 376 g/mol. The van der Waals surface area contributed by atoms with Gasteiger partial charge in [0, 0.05) is 11.1 Å². The Morgan fingerprint density at radius 3 is 2.25 bits per heavy atom. The number of aryl methyl sites for hydroxylation is 1. The van der Waals surface area contributed by atoms with Gasteiger partial charge >= 0.3 is 0 Å². The lowest BCUT2D eigenvalue weighted by molar-refractivity contribution is -0.287. The number of rotatable bonds is 5. The molecule has 28 heavy (non-hydrogen) atoms. The van der Waals surface area contributed by atoms with Gasteiger partial charge in [0.15, 0.2) is 0 Å². The highest BCUT2D eigenvalue weighted by molar-refractivity contribution is 7.89. The number of hydroxylamine groups is 3. The Morgan fingerprint density at radius 1 is 1.11 bits per heavy atom. The van der Waals surface area contributed by atoms with Gasteiger partial charge in [0.05, 0.1) is 23.6 Å². The maximum atomic E-state index is 13.1. The zero-order chi connectivity index (χ0) is 20.7. The zero-order valence-electron chi connectivity index (χ0n) is 17.9. The summed E-state index contributed by atoms with van der Waals surface area (Å²) in [6, 6.07) is 6.51. The van der Waals surface area contributed by atoms with Gasteiger partial charge < -0.3 is 0 Å². The van der Waals surface area contributed by atoms with Crippen molar-refractivity contribution < 1.29 is 18.1 Å². The average molecular weight is 411 g/mol. The van der Waals surface area contributed by atoms with Gasteiger partial charge in [0.2, 0.25) is 0 Å². The minimum atomic E-state index is -3.74. The molecule has 0 bridgehead atoms. The molecule has 7 heteroatoms. The van der Waals surface area contributed by atoms with E-state index in [1.807, 2.05) is 13.8 Å². The van der Waals surface area contributed by atoms with Gasteiger partial charge in [0.25, 0.3) is 10.0 Å². The van der Waals surface area contributed by atoms with Crippen LogP contribution in [0.2, 0.25) is 0 Å². The molecule has 0 unspecified atom stereocenters. The fraction of sp³-hybridized carbons (Fsp3) is 0.714. The van der Waals surface area contributed by atoms with Crippen LogP contribution in [0.25, 0.3) is 0 Å². The number of hydrogen-bond acceptors (Lipinski definition) is 5. The SMILES string of the molecule is Cc1ccc(S(=O)(=O)N2O[C@@H](C)C[C@H]2CON2C(C)(C)CCCC2(C)C)cc1.